The van der Waals surface area contributed by atoms with Crippen LogP contribution < -0.4 is 4.90 Å². The maximum atomic E-state index is 10.8. The highest BCUT2D eigenvalue weighted by molar-refractivity contribution is 6.33. The van der Waals surface area contributed by atoms with Crippen LogP contribution in [0.15, 0.2) is 6.07 Å². The van der Waals surface area contributed by atoms with Gasteiger partial charge in [-0.1, -0.05) is 18.5 Å². The van der Waals surface area contributed by atoms with Crippen LogP contribution in [0, 0.1) is 24.2 Å². The van der Waals surface area contributed by atoms with E-state index in [1.54, 1.807) is 31.9 Å². The molecule has 0 aliphatic carbocycles. The van der Waals surface area contributed by atoms with Gasteiger partial charge in [0, 0.05) is 13.6 Å². The highest BCUT2D eigenvalue weighted by Crippen LogP contribution is 2.25. The molecule has 0 amide bonds. The minimum absolute atomic E-state index is 0.299. The lowest BCUT2D eigenvalue weighted by molar-refractivity contribution is -0.140. The Hall–Kier alpha value is -1.80. The Morgan fingerprint density at radius 2 is 2.33 bits per heavy atom. The third-order valence-electron chi connectivity index (χ3n) is 2.60. The van der Waals surface area contributed by atoms with Crippen molar-refractivity contribution in [3.63, 3.8) is 0 Å². The average Bonchev–Trinajstić information content (AvgIpc) is 2.31. The number of aryl methyl sites for hydroxylation is 1. The zero-order valence-electron chi connectivity index (χ0n) is 10.4. The third kappa shape index (κ3) is 3.11. The van der Waals surface area contributed by atoms with E-state index in [1.165, 1.54) is 0 Å². The first-order valence-electron chi connectivity index (χ1n) is 5.38. The number of rotatable bonds is 4. The van der Waals surface area contributed by atoms with Gasteiger partial charge in [-0.2, -0.15) is 5.26 Å². The number of halogens is 1. The minimum atomic E-state index is -0.872. The number of carboxylic acids is 1. The van der Waals surface area contributed by atoms with Gasteiger partial charge in [-0.05, 0) is 13.0 Å². The molecule has 1 rings (SSSR count). The third-order valence-corrected chi connectivity index (χ3v) is 2.88. The van der Waals surface area contributed by atoms with Gasteiger partial charge in [0.25, 0.3) is 0 Å². The van der Waals surface area contributed by atoms with Gasteiger partial charge in [0.1, 0.15) is 11.9 Å². The maximum Gasteiger partial charge on any atom is 0.308 e. The first-order chi connectivity index (χ1) is 8.36. The van der Waals surface area contributed by atoms with Crippen LogP contribution in [0.25, 0.3) is 0 Å². The van der Waals surface area contributed by atoms with E-state index in [1.807, 2.05) is 6.07 Å². The fourth-order valence-electron chi connectivity index (χ4n) is 1.52. The van der Waals surface area contributed by atoms with Crippen LogP contribution in [0.5, 0.6) is 0 Å². The second kappa shape index (κ2) is 5.69. The van der Waals surface area contributed by atoms with Crippen molar-refractivity contribution in [2.75, 3.05) is 18.5 Å². The summed E-state index contributed by atoms with van der Waals surface area (Å²) in [6.07, 6.45) is 0. The summed E-state index contributed by atoms with van der Waals surface area (Å²) in [6.45, 7) is 3.63. The molecular weight excluding hydrogens is 254 g/mol. The summed E-state index contributed by atoms with van der Waals surface area (Å²) >= 11 is 6.04. The number of anilines is 1. The first kappa shape index (κ1) is 14.3. The van der Waals surface area contributed by atoms with E-state index in [2.05, 4.69) is 4.98 Å². The number of carbonyl (C=O) groups is 1. The fraction of sp³-hybridized carbons (Fsp3) is 0.417. The molecule has 0 aliphatic rings. The molecule has 0 radical (unpaired) electrons. The lowest BCUT2D eigenvalue weighted by atomic mass is 10.1. The Labute approximate surface area is 111 Å². The summed E-state index contributed by atoms with van der Waals surface area (Å²) in [5.74, 6) is -0.909. The summed E-state index contributed by atoms with van der Waals surface area (Å²) in [4.78, 5) is 16.7. The average molecular weight is 268 g/mol. The Balaban J connectivity index is 3.00. The number of nitriles is 1. The molecule has 1 aromatic heterocycles. The Morgan fingerprint density at radius 1 is 1.72 bits per heavy atom. The molecule has 0 fully saturated rings. The molecule has 6 heteroatoms. The van der Waals surface area contributed by atoms with Crippen LogP contribution in [-0.2, 0) is 4.79 Å². The fourth-order valence-corrected chi connectivity index (χ4v) is 1.82. The zero-order chi connectivity index (χ0) is 13.9. The molecule has 1 heterocycles. The second-order valence-corrected chi connectivity index (χ2v) is 4.57. The molecule has 0 saturated heterocycles. The lowest BCUT2D eigenvalue weighted by Gasteiger charge is -2.22. The molecule has 0 spiro atoms. The molecule has 1 atom stereocenters. The number of carboxylic acid groups (broad SMARTS) is 1. The summed E-state index contributed by atoms with van der Waals surface area (Å²) in [6, 6.07) is 3.54. The van der Waals surface area contributed by atoms with Crippen molar-refractivity contribution in [2.24, 2.45) is 5.92 Å². The van der Waals surface area contributed by atoms with Crippen molar-refractivity contribution in [1.29, 1.82) is 5.26 Å². The highest BCUT2D eigenvalue weighted by Gasteiger charge is 2.17. The Morgan fingerprint density at radius 3 is 2.83 bits per heavy atom. The molecule has 0 aromatic carbocycles. The van der Waals surface area contributed by atoms with E-state index in [0.29, 0.717) is 28.6 Å². The highest BCUT2D eigenvalue weighted by atomic mass is 35.5. The summed E-state index contributed by atoms with van der Waals surface area (Å²) in [5.41, 5.74) is 0.996. The molecule has 18 heavy (non-hydrogen) atoms. The van der Waals surface area contributed by atoms with Gasteiger partial charge >= 0.3 is 5.97 Å². The first-order valence-corrected chi connectivity index (χ1v) is 5.75. The molecule has 5 nitrogen and oxygen atoms in total. The molecular formula is C12H14ClN3O2. The van der Waals surface area contributed by atoms with E-state index >= 15 is 0 Å². The van der Waals surface area contributed by atoms with Gasteiger partial charge in [0.15, 0.2) is 0 Å². The number of pyridine rings is 1. The SMILES string of the molecule is Cc1nc(N(C)C[C@H](C)C(=O)O)c(Cl)cc1C#N. The van der Waals surface area contributed by atoms with Gasteiger partial charge in [0.2, 0.25) is 0 Å². The van der Waals surface area contributed by atoms with Crippen LogP contribution in [-0.4, -0.2) is 29.7 Å². The number of hydrogen-bond donors (Lipinski definition) is 1. The molecule has 0 unspecified atom stereocenters. The molecule has 96 valence electrons. The van der Waals surface area contributed by atoms with E-state index in [4.69, 9.17) is 22.0 Å². The van der Waals surface area contributed by atoms with Gasteiger partial charge < -0.3 is 10.0 Å². The number of aromatic nitrogens is 1. The molecule has 0 bridgehead atoms. The van der Waals surface area contributed by atoms with Crippen LogP contribution >= 0.6 is 11.6 Å². The van der Waals surface area contributed by atoms with Crippen LogP contribution in [0.3, 0.4) is 0 Å². The van der Waals surface area contributed by atoms with Crippen molar-refractivity contribution in [3.8, 4) is 6.07 Å². The minimum Gasteiger partial charge on any atom is -0.481 e. The smallest absolute Gasteiger partial charge is 0.308 e. The van der Waals surface area contributed by atoms with E-state index in [9.17, 15) is 4.79 Å². The van der Waals surface area contributed by atoms with Crippen LogP contribution in [0.4, 0.5) is 5.82 Å². The summed E-state index contributed by atoms with van der Waals surface area (Å²) < 4.78 is 0. The van der Waals surface area contributed by atoms with Gasteiger partial charge in [-0.25, -0.2) is 4.98 Å². The Kier molecular flexibility index (Phi) is 4.51. The van der Waals surface area contributed by atoms with Gasteiger partial charge in [-0.3, -0.25) is 4.79 Å². The molecule has 0 saturated carbocycles. The quantitative estimate of drug-likeness (QED) is 0.904. The molecule has 1 aromatic rings. The van der Waals surface area contributed by atoms with Crippen LogP contribution in [0.1, 0.15) is 18.2 Å². The number of hydrogen-bond acceptors (Lipinski definition) is 4. The molecule has 0 aliphatic heterocycles. The van der Waals surface area contributed by atoms with E-state index in [-0.39, 0.29) is 0 Å². The van der Waals surface area contributed by atoms with Crippen LogP contribution in [0.2, 0.25) is 5.02 Å². The van der Waals surface area contributed by atoms with Gasteiger partial charge in [0.05, 0.1) is 22.2 Å². The number of nitrogens with zero attached hydrogens (tertiary/aromatic N) is 3. The van der Waals surface area contributed by atoms with Crippen molar-refractivity contribution in [2.45, 2.75) is 13.8 Å². The van der Waals surface area contributed by atoms with Crippen molar-refractivity contribution >= 4 is 23.4 Å². The topological polar surface area (TPSA) is 77.2 Å². The van der Waals surface area contributed by atoms with Crippen molar-refractivity contribution in [3.05, 3.63) is 22.3 Å². The predicted molar refractivity (Wildman–Crippen MR) is 68.8 cm³/mol. The molecule has 1 N–H and O–H groups in total. The lowest BCUT2D eigenvalue weighted by Crippen LogP contribution is -2.29. The summed E-state index contributed by atoms with van der Waals surface area (Å²) in [5, 5.41) is 18.1. The largest absolute Gasteiger partial charge is 0.481 e. The maximum absolute atomic E-state index is 10.8. The number of aliphatic carboxylic acids is 1. The van der Waals surface area contributed by atoms with E-state index < -0.39 is 11.9 Å². The van der Waals surface area contributed by atoms with Gasteiger partial charge in [-0.15, -0.1) is 0 Å². The Bertz CT molecular complexity index is 511. The monoisotopic (exact) mass is 267 g/mol. The summed E-state index contributed by atoms with van der Waals surface area (Å²) in [7, 11) is 1.72. The van der Waals surface area contributed by atoms with E-state index in [0.717, 1.165) is 0 Å². The normalized spacial score (nSPS) is 11.7. The van der Waals surface area contributed by atoms with Crippen molar-refractivity contribution < 1.29 is 9.90 Å². The predicted octanol–water partition coefficient (Wildman–Crippen LogP) is 2.07. The second-order valence-electron chi connectivity index (χ2n) is 4.16. The van der Waals surface area contributed by atoms with Crippen molar-refractivity contribution in [1.82, 2.24) is 4.98 Å². The standard InChI is InChI=1S/C12H14ClN3O2/c1-7(12(17)18)6-16(3)11-10(13)4-9(5-14)8(2)15-11/h4,7H,6H2,1-3H3,(H,17,18)/t7-/m0/s1. The zero-order valence-corrected chi connectivity index (χ0v) is 11.2.